The average Bonchev–Trinajstić information content (AvgIpc) is 2.58. The van der Waals surface area contributed by atoms with Crippen LogP contribution in [0, 0.1) is 0 Å². The third-order valence-corrected chi connectivity index (χ3v) is 5.38. The van der Waals surface area contributed by atoms with Gasteiger partial charge in [-0.15, -0.1) is 0 Å². The van der Waals surface area contributed by atoms with E-state index in [4.69, 9.17) is 9.88 Å². The van der Waals surface area contributed by atoms with Crippen LogP contribution in [0.2, 0.25) is 0 Å². The Hall–Kier alpha value is -2.76. The van der Waals surface area contributed by atoms with Crippen molar-refractivity contribution in [2.45, 2.75) is 9.79 Å². The summed E-state index contributed by atoms with van der Waals surface area (Å²) in [5, 5.41) is 7.40. The first-order chi connectivity index (χ1) is 12.5. The van der Waals surface area contributed by atoms with Gasteiger partial charge in [0.05, 0.1) is 15.4 Å². The lowest BCUT2D eigenvalue weighted by atomic mass is 10.2. The van der Waals surface area contributed by atoms with Crippen LogP contribution in [0.1, 0.15) is 10.4 Å². The van der Waals surface area contributed by atoms with Crippen LogP contribution >= 0.6 is 0 Å². The number of hydrogen-bond acceptors (Lipinski definition) is 7. The van der Waals surface area contributed by atoms with E-state index in [0.29, 0.717) is 5.69 Å². The van der Waals surface area contributed by atoms with Gasteiger partial charge in [0, 0.05) is 11.9 Å². The van der Waals surface area contributed by atoms with Crippen LogP contribution in [0.25, 0.3) is 0 Å². The number of carbonyl (C=O) groups excluding carboxylic acids is 2. The minimum Gasteiger partial charge on any atom is -0.452 e. The average molecular weight is 412 g/mol. The summed E-state index contributed by atoms with van der Waals surface area (Å²) in [6, 6.07) is 10.2. The standard InChI is InChI=1S/C16H16N2O7S2/c1-26(21,22)13-6-2-11(3-7-13)16(20)25-10-15(19)18-12-4-8-14(9-5-12)27(17,23)24/h2-9H,10H2,1H3,(H,18,19)(H2,17,23,24). The zero-order valence-electron chi connectivity index (χ0n) is 14.1. The number of carbonyl (C=O) groups is 2. The van der Waals surface area contributed by atoms with E-state index in [1.165, 1.54) is 48.5 Å². The first kappa shape index (κ1) is 20.6. The maximum atomic E-state index is 11.9. The van der Waals surface area contributed by atoms with Gasteiger partial charge in [-0.3, -0.25) is 4.79 Å². The highest BCUT2D eigenvalue weighted by Gasteiger charge is 2.13. The third-order valence-electron chi connectivity index (χ3n) is 3.32. The number of anilines is 1. The van der Waals surface area contributed by atoms with Crippen molar-refractivity contribution < 1.29 is 31.2 Å². The molecule has 0 aromatic heterocycles. The predicted molar refractivity (Wildman–Crippen MR) is 96.3 cm³/mol. The molecule has 0 aliphatic rings. The van der Waals surface area contributed by atoms with Gasteiger partial charge in [-0.05, 0) is 48.5 Å². The number of sulfone groups is 1. The molecule has 0 atom stereocenters. The van der Waals surface area contributed by atoms with Gasteiger partial charge in [0.25, 0.3) is 5.91 Å². The Bertz CT molecular complexity index is 1060. The number of nitrogens with one attached hydrogen (secondary N) is 1. The molecule has 2 rings (SSSR count). The zero-order valence-corrected chi connectivity index (χ0v) is 15.7. The van der Waals surface area contributed by atoms with Gasteiger partial charge in [-0.25, -0.2) is 26.8 Å². The number of rotatable bonds is 6. The Morgan fingerprint density at radius 1 is 0.926 bits per heavy atom. The summed E-state index contributed by atoms with van der Waals surface area (Å²) in [6.45, 7) is -0.580. The normalized spacial score (nSPS) is 11.6. The number of sulfonamides is 1. The van der Waals surface area contributed by atoms with Crippen LogP contribution in [-0.2, 0) is 29.4 Å². The molecule has 0 unspecified atom stereocenters. The lowest BCUT2D eigenvalue weighted by Crippen LogP contribution is -2.21. The summed E-state index contributed by atoms with van der Waals surface area (Å²) in [7, 11) is -7.21. The Kier molecular flexibility index (Phi) is 5.98. The van der Waals surface area contributed by atoms with E-state index in [0.717, 1.165) is 6.26 Å². The Morgan fingerprint density at radius 3 is 1.93 bits per heavy atom. The monoisotopic (exact) mass is 412 g/mol. The molecule has 2 aromatic carbocycles. The van der Waals surface area contributed by atoms with Crippen LogP contribution < -0.4 is 10.5 Å². The molecular formula is C16H16N2O7S2. The number of ether oxygens (including phenoxy) is 1. The second-order valence-electron chi connectivity index (χ2n) is 5.49. The van der Waals surface area contributed by atoms with E-state index in [2.05, 4.69) is 5.32 Å². The van der Waals surface area contributed by atoms with Gasteiger partial charge in [-0.1, -0.05) is 0 Å². The van der Waals surface area contributed by atoms with E-state index in [-0.39, 0.29) is 15.4 Å². The first-order valence-electron chi connectivity index (χ1n) is 7.37. The molecular weight excluding hydrogens is 396 g/mol. The minimum absolute atomic E-state index is 0.0553. The quantitative estimate of drug-likeness (QED) is 0.657. The molecule has 2 aromatic rings. The Morgan fingerprint density at radius 2 is 1.44 bits per heavy atom. The fourth-order valence-corrected chi connectivity index (χ4v) is 3.12. The van der Waals surface area contributed by atoms with E-state index in [1.54, 1.807) is 0 Å². The summed E-state index contributed by atoms with van der Waals surface area (Å²) < 4.78 is 49.9. The Labute approximate surface area is 156 Å². The van der Waals surface area contributed by atoms with Crippen molar-refractivity contribution in [3.63, 3.8) is 0 Å². The van der Waals surface area contributed by atoms with Crippen molar-refractivity contribution in [2.75, 3.05) is 18.2 Å². The molecule has 0 radical (unpaired) electrons. The van der Waals surface area contributed by atoms with Crippen molar-refractivity contribution in [3.05, 3.63) is 54.1 Å². The molecule has 0 spiro atoms. The molecule has 11 heteroatoms. The lowest BCUT2D eigenvalue weighted by molar-refractivity contribution is -0.119. The van der Waals surface area contributed by atoms with Gasteiger partial charge >= 0.3 is 5.97 Å². The van der Waals surface area contributed by atoms with Crippen molar-refractivity contribution >= 4 is 37.4 Å². The lowest BCUT2D eigenvalue weighted by Gasteiger charge is -2.07. The van der Waals surface area contributed by atoms with E-state index in [1.807, 2.05) is 0 Å². The number of amides is 1. The molecule has 0 heterocycles. The van der Waals surface area contributed by atoms with Gasteiger partial charge in [0.1, 0.15) is 0 Å². The van der Waals surface area contributed by atoms with E-state index in [9.17, 15) is 26.4 Å². The van der Waals surface area contributed by atoms with E-state index >= 15 is 0 Å². The highest BCUT2D eigenvalue weighted by Crippen LogP contribution is 2.13. The van der Waals surface area contributed by atoms with Gasteiger partial charge in [0.15, 0.2) is 16.4 Å². The van der Waals surface area contributed by atoms with Crippen molar-refractivity contribution in [1.82, 2.24) is 0 Å². The number of hydrogen-bond donors (Lipinski definition) is 2. The zero-order chi connectivity index (χ0) is 20.2. The van der Waals surface area contributed by atoms with Crippen LogP contribution in [0.3, 0.4) is 0 Å². The highest BCUT2D eigenvalue weighted by molar-refractivity contribution is 7.90. The van der Waals surface area contributed by atoms with Crippen molar-refractivity contribution in [3.8, 4) is 0 Å². The summed E-state index contributed by atoms with van der Waals surface area (Å²) in [5.74, 6) is -1.44. The molecule has 0 aliphatic carbocycles. The molecule has 3 N–H and O–H groups in total. The number of esters is 1. The molecule has 27 heavy (non-hydrogen) atoms. The predicted octanol–water partition coefficient (Wildman–Crippen LogP) is 0.533. The van der Waals surface area contributed by atoms with Crippen LogP contribution in [0.4, 0.5) is 5.69 Å². The SMILES string of the molecule is CS(=O)(=O)c1ccc(C(=O)OCC(=O)Nc2ccc(S(N)(=O)=O)cc2)cc1. The largest absolute Gasteiger partial charge is 0.452 e. The Balaban J connectivity index is 1.92. The van der Waals surface area contributed by atoms with Crippen LogP contribution in [0.15, 0.2) is 58.3 Å². The topological polar surface area (TPSA) is 150 Å². The molecule has 0 saturated carbocycles. The number of primary sulfonamides is 1. The van der Waals surface area contributed by atoms with Crippen molar-refractivity contribution in [2.24, 2.45) is 5.14 Å². The first-order valence-corrected chi connectivity index (χ1v) is 10.8. The third kappa shape index (κ3) is 5.88. The molecule has 0 fully saturated rings. The molecule has 144 valence electrons. The minimum atomic E-state index is -3.83. The van der Waals surface area contributed by atoms with Crippen molar-refractivity contribution in [1.29, 1.82) is 0 Å². The molecule has 0 aliphatic heterocycles. The maximum Gasteiger partial charge on any atom is 0.338 e. The fourth-order valence-electron chi connectivity index (χ4n) is 1.98. The molecule has 9 nitrogen and oxygen atoms in total. The van der Waals surface area contributed by atoms with Gasteiger partial charge in [0.2, 0.25) is 10.0 Å². The fraction of sp³-hybridized carbons (Fsp3) is 0.125. The summed E-state index contributed by atoms with van der Waals surface area (Å²) in [4.78, 5) is 23.6. The summed E-state index contributed by atoms with van der Waals surface area (Å²) in [5.41, 5.74) is 0.383. The second-order valence-corrected chi connectivity index (χ2v) is 9.07. The van der Waals surface area contributed by atoms with Crippen LogP contribution in [0.5, 0.6) is 0 Å². The maximum absolute atomic E-state index is 11.9. The molecule has 0 saturated heterocycles. The molecule has 0 bridgehead atoms. The second kappa shape index (κ2) is 7.86. The molecule has 1 amide bonds. The number of nitrogens with two attached hydrogens (primary N) is 1. The van der Waals surface area contributed by atoms with Crippen LogP contribution in [-0.4, -0.2) is 41.6 Å². The number of benzene rings is 2. The van der Waals surface area contributed by atoms with Gasteiger partial charge in [-0.2, -0.15) is 0 Å². The summed E-state index contributed by atoms with van der Waals surface area (Å²) in [6.07, 6.45) is 1.04. The van der Waals surface area contributed by atoms with Gasteiger partial charge < -0.3 is 10.1 Å². The highest BCUT2D eigenvalue weighted by atomic mass is 32.2. The summed E-state index contributed by atoms with van der Waals surface area (Å²) >= 11 is 0. The van der Waals surface area contributed by atoms with E-state index < -0.39 is 38.3 Å². The smallest absolute Gasteiger partial charge is 0.338 e.